The van der Waals surface area contributed by atoms with E-state index in [0.717, 1.165) is 31.4 Å². The van der Waals surface area contributed by atoms with E-state index in [1.54, 1.807) is 18.2 Å². The minimum Gasteiger partial charge on any atom is -0.491 e. The monoisotopic (exact) mass is 561 g/mol. The number of aryl methyl sites for hydroxylation is 1. The van der Waals surface area contributed by atoms with Crippen molar-refractivity contribution < 1.29 is 32.2 Å². The Hall–Kier alpha value is -3.83. The molecule has 0 bridgehead atoms. The number of pyridine rings is 1. The number of likely N-dealkylation sites (tertiary alicyclic amines) is 1. The van der Waals surface area contributed by atoms with Crippen LogP contribution in [0.25, 0.3) is 11.2 Å². The molecule has 0 unspecified atom stereocenters. The number of aromatic nitrogens is 3. The Morgan fingerprint density at radius 2 is 1.75 bits per heavy atom. The van der Waals surface area contributed by atoms with Gasteiger partial charge < -0.3 is 24.3 Å². The zero-order chi connectivity index (χ0) is 29.1. The molecule has 4 rings (SSSR count). The number of nitrogens with one attached hydrogen (secondary N) is 1. The topological polar surface area (TPSA) is 98.6 Å². The standard InChI is InChI=1S/C28H34F3N5O4/c1-5-39-23-21(25(37)34-20-8-6-19(7-9-20)28(29,30)31)16-32-24-22(23)36(17-33-24)15-12-18-10-13-35(14-11-18)26(38)40-27(2,3)4/h6-9,16-18H,5,10-15H2,1-4H3,(H,34,37). The first-order valence-electron chi connectivity index (χ1n) is 13.3. The summed E-state index contributed by atoms with van der Waals surface area (Å²) in [5, 5.41) is 2.62. The van der Waals surface area contributed by atoms with Crippen LogP contribution in [-0.4, -0.2) is 56.7 Å². The quantitative estimate of drug-likeness (QED) is 0.372. The lowest BCUT2D eigenvalue weighted by molar-refractivity contribution is -0.137. The average molecular weight is 562 g/mol. The molecule has 216 valence electrons. The molecule has 0 spiro atoms. The highest BCUT2D eigenvalue weighted by molar-refractivity contribution is 6.08. The van der Waals surface area contributed by atoms with Gasteiger partial charge in [0, 0.05) is 31.5 Å². The lowest BCUT2D eigenvalue weighted by Crippen LogP contribution is -2.41. The second-order valence-corrected chi connectivity index (χ2v) is 10.8. The Morgan fingerprint density at radius 3 is 2.35 bits per heavy atom. The van der Waals surface area contributed by atoms with Gasteiger partial charge in [-0.1, -0.05) is 0 Å². The van der Waals surface area contributed by atoms with E-state index < -0.39 is 23.2 Å². The Balaban J connectivity index is 1.46. The lowest BCUT2D eigenvalue weighted by atomic mass is 9.94. The van der Waals surface area contributed by atoms with Crippen molar-refractivity contribution >= 4 is 28.9 Å². The van der Waals surface area contributed by atoms with Crippen molar-refractivity contribution in [3.8, 4) is 5.75 Å². The maximum absolute atomic E-state index is 13.1. The molecule has 3 aromatic rings. The number of nitrogens with zero attached hydrogens (tertiary/aromatic N) is 4. The van der Waals surface area contributed by atoms with Crippen molar-refractivity contribution in [3.63, 3.8) is 0 Å². The zero-order valence-electron chi connectivity index (χ0n) is 23.0. The summed E-state index contributed by atoms with van der Waals surface area (Å²) in [6, 6.07) is 4.22. The van der Waals surface area contributed by atoms with E-state index in [9.17, 15) is 22.8 Å². The zero-order valence-corrected chi connectivity index (χ0v) is 23.0. The molecule has 0 saturated carbocycles. The van der Waals surface area contributed by atoms with Crippen molar-refractivity contribution in [2.24, 2.45) is 5.92 Å². The third-order valence-electron chi connectivity index (χ3n) is 6.64. The van der Waals surface area contributed by atoms with Crippen LogP contribution in [-0.2, 0) is 17.5 Å². The van der Waals surface area contributed by atoms with Crippen LogP contribution < -0.4 is 10.1 Å². The number of halogens is 3. The fourth-order valence-electron chi connectivity index (χ4n) is 4.63. The van der Waals surface area contributed by atoms with E-state index in [2.05, 4.69) is 15.3 Å². The van der Waals surface area contributed by atoms with E-state index >= 15 is 0 Å². The van der Waals surface area contributed by atoms with Gasteiger partial charge >= 0.3 is 12.3 Å². The minimum absolute atomic E-state index is 0.154. The van der Waals surface area contributed by atoms with Crippen LogP contribution in [0.4, 0.5) is 23.7 Å². The van der Waals surface area contributed by atoms with Gasteiger partial charge in [-0.05, 0) is 77.1 Å². The molecule has 1 N–H and O–H groups in total. The molecule has 0 radical (unpaired) electrons. The van der Waals surface area contributed by atoms with Crippen LogP contribution in [0.3, 0.4) is 0 Å². The number of amides is 2. The van der Waals surface area contributed by atoms with Crippen LogP contribution in [0.5, 0.6) is 5.75 Å². The third-order valence-corrected chi connectivity index (χ3v) is 6.64. The number of imidazole rings is 1. The summed E-state index contributed by atoms with van der Waals surface area (Å²) in [7, 11) is 0. The first-order chi connectivity index (χ1) is 18.9. The molecule has 1 aliphatic rings. The molecule has 2 aromatic heterocycles. The number of alkyl halides is 3. The fourth-order valence-corrected chi connectivity index (χ4v) is 4.63. The largest absolute Gasteiger partial charge is 0.491 e. The molecule has 0 atom stereocenters. The number of rotatable bonds is 7. The highest BCUT2D eigenvalue weighted by Gasteiger charge is 2.30. The predicted molar refractivity (Wildman–Crippen MR) is 143 cm³/mol. The fraction of sp³-hybridized carbons (Fsp3) is 0.500. The highest BCUT2D eigenvalue weighted by Crippen LogP contribution is 2.32. The Kier molecular flexibility index (Phi) is 8.55. The van der Waals surface area contributed by atoms with Gasteiger partial charge in [0.25, 0.3) is 5.91 Å². The molecular weight excluding hydrogens is 527 g/mol. The molecule has 0 aliphatic carbocycles. The van der Waals surface area contributed by atoms with Crippen LogP contribution in [0.15, 0.2) is 36.8 Å². The maximum atomic E-state index is 13.1. The Morgan fingerprint density at radius 1 is 1.07 bits per heavy atom. The smallest absolute Gasteiger partial charge is 0.416 e. The summed E-state index contributed by atoms with van der Waals surface area (Å²) in [6.07, 6.45) is 0.797. The molecule has 9 nitrogen and oxygen atoms in total. The van der Waals surface area contributed by atoms with Gasteiger partial charge in [-0.15, -0.1) is 0 Å². The average Bonchev–Trinajstić information content (AvgIpc) is 3.30. The molecule has 1 saturated heterocycles. The van der Waals surface area contributed by atoms with Gasteiger partial charge in [-0.3, -0.25) is 4.79 Å². The van der Waals surface area contributed by atoms with Crippen molar-refractivity contribution in [2.45, 2.75) is 65.3 Å². The molecule has 3 heterocycles. The van der Waals surface area contributed by atoms with Gasteiger partial charge in [-0.2, -0.15) is 13.2 Å². The second kappa shape index (κ2) is 11.7. The second-order valence-electron chi connectivity index (χ2n) is 10.8. The summed E-state index contributed by atoms with van der Waals surface area (Å²) in [6.45, 7) is 9.50. The molecule has 12 heteroatoms. The van der Waals surface area contributed by atoms with Crippen LogP contribution >= 0.6 is 0 Å². The number of hydrogen-bond donors (Lipinski definition) is 1. The first-order valence-corrected chi connectivity index (χ1v) is 13.3. The van der Waals surface area contributed by atoms with E-state index in [4.69, 9.17) is 9.47 Å². The number of carbonyl (C=O) groups excluding carboxylic acids is 2. The van der Waals surface area contributed by atoms with Crippen molar-refractivity contribution in [1.29, 1.82) is 0 Å². The summed E-state index contributed by atoms with van der Waals surface area (Å²) in [4.78, 5) is 35.9. The van der Waals surface area contributed by atoms with Gasteiger partial charge in [0.2, 0.25) is 0 Å². The van der Waals surface area contributed by atoms with E-state index in [1.165, 1.54) is 18.3 Å². The molecule has 40 heavy (non-hydrogen) atoms. The maximum Gasteiger partial charge on any atom is 0.416 e. The first kappa shape index (κ1) is 29.2. The number of anilines is 1. The Labute approximate surface area is 230 Å². The summed E-state index contributed by atoms with van der Waals surface area (Å²) in [5.74, 6) is 0.153. The molecule has 2 amide bonds. The normalized spacial score (nSPS) is 14.8. The van der Waals surface area contributed by atoms with Gasteiger partial charge in [-0.25, -0.2) is 14.8 Å². The van der Waals surface area contributed by atoms with Crippen LogP contribution in [0.2, 0.25) is 0 Å². The SMILES string of the molecule is CCOc1c(C(=O)Nc2ccc(C(F)(F)F)cc2)cnc2ncn(CCC3CCN(C(=O)OC(C)(C)C)CC3)c12. The number of hydrogen-bond acceptors (Lipinski definition) is 6. The number of fused-ring (bicyclic) bond motifs is 1. The van der Waals surface area contributed by atoms with Crippen molar-refractivity contribution in [1.82, 2.24) is 19.4 Å². The molecular formula is C28H34F3N5O4. The number of benzene rings is 1. The highest BCUT2D eigenvalue weighted by atomic mass is 19.4. The predicted octanol–water partition coefficient (Wildman–Crippen LogP) is 6.14. The van der Waals surface area contributed by atoms with Crippen molar-refractivity contribution in [3.05, 3.63) is 47.9 Å². The minimum atomic E-state index is -4.47. The van der Waals surface area contributed by atoms with E-state index in [-0.39, 0.29) is 24.0 Å². The van der Waals surface area contributed by atoms with Gasteiger partial charge in [0.05, 0.1) is 18.5 Å². The molecule has 1 fully saturated rings. The van der Waals surface area contributed by atoms with E-state index in [1.807, 2.05) is 25.3 Å². The van der Waals surface area contributed by atoms with Gasteiger partial charge in [0.15, 0.2) is 11.4 Å². The summed E-state index contributed by atoms with van der Waals surface area (Å²) in [5.41, 5.74) is 0.0368. The van der Waals surface area contributed by atoms with E-state index in [0.29, 0.717) is 42.5 Å². The molecule has 1 aliphatic heterocycles. The number of piperidine rings is 1. The lowest BCUT2D eigenvalue weighted by Gasteiger charge is -2.33. The van der Waals surface area contributed by atoms with Crippen LogP contribution in [0, 0.1) is 5.92 Å². The van der Waals surface area contributed by atoms with Crippen LogP contribution in [0.1, 0.15) is 62.9 Å². The Bertz CT molecular complexity index is 1340. The summed E-state index contributed by atoms with van der Waals surface area (Å²) >= 11 is 0. The van der Waals surface area contributed by atoms with Crippen molar-refractivity contribution in [2.75, 3.05) is 25.0 Å². The number of carbonyl (C=O) groups is 2. The summed E-state index contributed by atoms with van der Waals surface area (Å²) < 4.78 is 51.9. The van der Waals surface area contributed by atoms with Gasteiger partial charge in [0.1, 0.15) is 16.7 Å². The molecule has 1 aromatic carbocycles. The number of ether oxygens (including phenoxy) is 2. The third kappa shape index (κ3) is 7.02.